The highest BCUT2D eigenvalue weighted by Gasteiger charge is 2.29. The van der Waals surface area contributed by atoms with Crippen LogP contribution in [0.5, 0.6) is 0 Å². The molecule has 0 radical (unpaired) electrons. The lowest BCUT2D eigenvalue weighted by atomic mass is 10.2. The molecule has 1 saturated carbocycles. The highest BCUT2D eigenvalue weighted by Crippen LogP contribution is 2.18. The molecule has 54 valence electrons. The van der Waals surface area contributed by atoms with Gasteiger partial charge in [-0.25, -0.2) is 0 Å². The summed E-state index contributed by atoms with van der Waals surface area (Å²) in [6.45, 7) is 0. The molecule has 3 nitrogen and oxygen atoms in total. The topological polar surface area (TPSA) is 52.5 Å². The Labute approximate surface area is 54.7 Å². The molecule has 0 aromatic rings. The lowest BCUT2D eigenvalue weighted by Gasteiger charge is -2.03. The normalized spacial score (nSPS) is 37.7. The molecule has 1 aliphatic rings. The van der Waals surface area contributed by atoms with E-state index in [1.807, 2.05) is 7.05 Å². The first-order valence-corrected chi connectivity index (χ1v) is 3.27. The first kappa shape index (κ1) is 6.99. The van der Waals surface area contributed by atoms with Crippen LogP contribution in [0.2, 0.25) is 0 Å². The van der Waals surface area contributed by atoms with Gasteiger partial charge in [0.15, 0.2) is 0 Å². The van der Waals surface area contributed by atoms with E-state index in [4.69, 9.17) is 10.2 Å². The van der Waals surface area contributed by atoms with Gasteiger partial charge in [0.05, 0.1) is 12.2 Å². The van der Waals surface area contributed by atoms with Crippen molar-refractivity contribution in [2.75, 3.05) is 7.05 Å². The van der Waals surface area contributed by atoms with E-state index in [9.17, 15) is 0 Å². The van der Waals surface area contributed by atoms with Crippen LogP contribution in [0.25, 0.3) is 0 Å². The summed E-state index contributed by atoms with van der Waals surface area (Å²) < 4.78 is 0. The number of aliphatic hydroxyl groups excluding tert-OH is 2. The third-order valence-electron chi connectivity index (χ3n) is 1.90. The molecule has 0 aromatic carbocycles. The van der Waals surface area contributed by atoms with Crippen molar-refractivity contribution in [3.63, 3.8) is 0 Å². The van der Waals surface area contributed by atoms with Crippen LogP contribution >= 0.6 is 0 Å². The quantitative estimate of drug-likeness (QED) is 0.432. The molecule has 3 heteroatoms. The van der Waals surface area contributed by atoms with Crippen LogP contribution in [0.4, 0.5) is 0 Å². The smallest absolute Gasteiger partial charge is 0.0814 e. The summed E-state index contributed by atoms with van der Waals surface area (Å²) in [5, 5.41) is 21.0. The molecular formula is C6H13NO2. The van der Waals surface area contributed by atoms with Gasteiger partial charge in [-0.05, 0) is 19.9 Å². The van der Waals surface area contributed by atoms with Crippen molar-refractivity contribution in [3.8, 4) is 0 Å². The van der Waals surface area contributed by atoms with Gasteiger partial charge in [0.25, 0.3) is 0 Å². The molecule has 3 N–H and O–H groups in total. The second-order valence-electron chi connectivity index (χ2n) is 2.59. The van der Waals surface area contributed by atoms with Gasteiger partial charge in [-0.15, -0.1) is 0 Å². The SMILES string of the molecule is CNC1C[C@H](O)[C@@H](O)C1. The molecule has 0 aliphatic heterocycles. The van der Waals surface area contributed by atoms with Crippen molar-refractivity contribution in [1.29, 1.82) is 0 Å². The monoisotopic (exact) mass is 131 g/mol. The first-order chi connectivity index (χ1) is 4.24. The second kappa shape index (κ2) is 2.64. The number of hydrogen-bond acceptors (Lipinski definition) is 3. The minimum absolute atomic E-state index is 0.301. The van der Waals surface area contributed by atoms with Gasteiger partial charge in [-0.1, -0.05) is 0 Å². The summed E-state index contributed by atoms with van der Waals surface area (Å²) in [6, 6.07) is 0.301. The van der Waals surface area contributed by atoms with Crippen LogP contribution in [0.15, 0.2) is 0 Å². The van der Waals surface area contributed by atoms with Crippen LogP contribution in [-0.4, -0.2) is 35.5 Å². The summed E-state index contributed by atoms with van der Waals surface area (Å²) in [5.74, 6) is 0. The van der Waals surface area contributed by atoms with Crippen molar-refractivity contribution >= 4 is 0 Å². The van der Waals surface area contributed by atoms with Gasteiger partial charge in [0, 0.05) is 6.04 Å². The zero-order chi connectivity index (χ0) is 6.85. The average molecular weight is 131 g/mol. The predicted molar refractivity (Wildman–Crippen MR) is 34.1 cm³/mol. The highest BCUT2D eigenvalue weighted by molar-refractivity contribution is 4.85. The Bertz CT molecular complexity index is 87.1. The predicted octanol–water partition coefficient (Wildman–Crippen LogP) is -0.910. The Kier molecular flexibility index (Phi) is 2.05. The maximum Gasteiger partial charge on any atom is 0.0814 e. The molecule has 1 aliphatic carbocycles. The number of rotatable bonds is 1. The van der Waals surface area contributed by atoms with Crippen LogP contribution in [0.1, 0.15) is 12.8 Å². The van der Waals surface area contributed by atoms with Gasteiger partial charge < -0.3 is 15.5 Å². The molecule has 0 amide bonds. The van der Waals surface area contributed by atoms with E-state index in [1.54, 1.807) is 0 Å². The van der Waals surface area contributed by atoms with Crippen molar-refractivity contribution in [3.05, 3.63) is 0 Å². The number of hydrogen-bond donors (Lipinski definition) is 3. The van der Waals surface area contributed by atoms with Crippen LogP contribution < -0.4 is 5.32 Å². The van der Waals surface area contributed by atoms with E-state index in [-0.39, 0.29) is 0 Å². The van der Waals surface area contributed by atoms with E-state index in [0.29, 0.717) is 18.9 Å². The third kappa shape index (κ3) is 1.41. The molecule has 0 saturated heterocycles. The summed E-state index contributed by atoms with van der Waals surface area (Å²) in [7, 11) is 1.84. The zero-order valence-corrected chi connectivity index (χ0v) is 5.54. The summed E-state index contributed by atoms with van der Waals surface area (Å²) >= 11 is 0. The van der Waals surface area contributed by atoms with Crippen molar-refractivity contribution in [2.45, 2.75) is 31.1 Å². The fourth-order valence-corrected chi connectivity index (χ4v) is 1.23. The van der Waals surface area contributed by atoms with E-state index < -0.39 is 12.2 Å². The summed E-state index contributed by atoms with van der Waals surface area (Å²) in [6.07, 6.45) is 0.333. The number of aliphatic hydroxyl groups is 2. The standard InChI is InChI=1S/C6H13NO2/c1-7-4-2-5(8)6(9)3-4/h4-9H,2-3H2,1H3/t5-,6-/m0/s1. The van der Waals surface area contributed by atoms with Gasteiger partial charge >= 0.3 is 0 Å². The minimum atomic E-state index is -0.512. The van der Waals surface area contributed by atoms with Gasteiger partial charge in [-0.2, -0.15) is 0 Å². The van der Waals surface area contributed by atoms with Crippen molar-refractivity contribution in [1.82, 2.24) is 5.32 Å². The van der Waals surface area contributed by atoms with E-state index in [2.05, 4.69) is 5.32 Å². The van der Waals surface area contributed by atoms with Crippen LogP contribution in [0.3, 0.4) is 0 Å². The maximum atomic E-state index is 9.01. The molecule has 0 bridgehead atoms. The maximum absolute atomic E-state index is 9.01. The average Bonchev–Trinajstić information content (AvgIpc) is 2.13. The summed E-state index contributed by atoms with van der Waals surface area (Å²) in [4.78, 5) is 0. The fourth-order valence-electron chi connectivity index (χ4n) is 1.23. The van der Waals surface area contributed by atoms with Crippen molar-refractivity contribution in [2.24, 2.45) is 0 Å². The molecule has 1 rings (SSSR count). The molecule has 0 spiro atoms. The lowest BCUT2D eigenvalue weighted by molar-refractivity contribution is 0.0438. The third-order valence-corrected chi connectivity index (χ3v) is 1.90. The molecule has 0 unspecified atom stereocenters. The molecule has 2 atom stereocenters. The Morgan fingerprint density at radius 3 is 1.89 bits per heavy atom. The molecule has 9 heavy (non-hydrogen) atoms. The number of nitrogens with one attached hydrogen (secondary N) is 1. The summed E-state index contributed by atoms with van der Waals surface area (Å²) in [5.41, 5.74) is 0. The molecular weight excluding hydrogens is 118 g/mol. The van der Waals surface area contributed by atoms with E-state index >= 15 is 0 Å². The van der Waals surface area contributed by atoms with E-state index in [1.165, 1.54) is 0 Å². The molecule has 1 fully saturated rings. The van der Waals surface area contributed by atoms with Gasteiger partial charge in [-0.3, -0.25) is 0 Å². The highest BCUT2D eigenvalue weighted by atomic mass is 16.3. The Morgan fingerprint density at radius 1 is 1.22 bits per heavy atom. The van der Waals surface area contributed by atoms with Crippen LogP contribution in [0, 0.1) is 0 Å². The lowest BCUT2D eigenvalue weighted by Crippen LogP contribution is -2.22. The molecule has 0 aromatic heterocycles. The Balaban J connectivity index is 2.35. The Morgan fingerprint density at radius 2 is 1.67 bits per heavy atom. The van der Waals surface area contributed by atoms with Crippen molar-refractivity contribution < 1.29 is 10.2 Å². The largest absolute Gasteiger partial charge is 0.390 e. The minimum Gasteiger partial charge on any atom is -0.390 e. The second-order valence-corrected chi connectivity index (χ2v) is 2.59. The fraction of sp³-hybridized carbons (Fsp3) is 1.00. The van der Waals surface area contributed by atoms with Gasteiger partial charge in [0.1, 0.15) is 0 Å². The van der Waals surface area contributed by atoms with Gasteiger partial charge in [0.2, 0.25) is 0 Å². The van der Waals surface area contributed by atoms with E-state index in [0.717, 1.165) is 0 Å². The van der Waals surface area contributed by atoms with Crippen LogP contribution in [-0.2, 0) is 0 Å². The molecule has 0 heterocycles. The zero-order valence-electron chi connectivity index (χ0n) is 5.54. The first-order valence-electron chi connectivity index (χ1n) is 3.27. The Hall–Kier alpha value is -0.120.